The van der Waals surface area contributed by atoms with E-state index in [1.54, 1.807) is 0 Å². The molecule has 0 N–H and O–H groups in total. The number of hydrogen-bond acceptors (Lipinski definition) is 5. The van der Waals surface area contributed by atoms with E-state index in [1.807, 2.05) is 17.2 Å². The largest absolute Gasteiger partial charge is 0.381 e. The van der Waals surface area contributed by atoms with Gasteiger partial charge in [0.2, 0.25) is 5.91 Å². The van der Waals surface area contributed by atoms with Gasteiger partial charge in [0.05, 0.1) is 11.8 Å². The van der Waals surface area contributed by atoms with Gasteiger partial charge in [-0.1, -0.05) is 6.07 Å². The minimum absolute atomic E-state index is 0.0121. The average molecular weight is 328 g/mol. The van der Waals surface area contributed by atoms with Gasteiger partial charge in [-0.25, -0.2) is 0 Å². The molecule has 1 aromatic heterocycles. The van der Waals surface area contributed by atoms with Crippen molar-refractivity contribution in [1.82, 2.24) is 14.8 Å². The van der Waals surface area contributed by atoms with Crippen molar-refractivity contribution in [3.8, 4) is 6.07 Å². The Bertz CT molecular complexity index is 626. The Balaban J connectivity index is 1.58. The topological polar surface area (TPSA) is 69.5 Å². The van der Waals surface area contributed by atoms with E-state index < -0.39 is 5.41 Å². The van der Waals surface area contributed by atoms with Crippen LogP contribution in [-0.2, 0) is 16.1 Å². The van der Waals surface area contributed by atoms with Crippen LogP contribution in [0, 0.1) is 23.7 Å². The quantitative estimate of drug-likeness (QED) is 0.838. The molecule has 1 amide bonds. The van der Waals surface area contributed by atoms with Crippen molar-refractivity contribution in [2.45, 2.75) is 26.3 Å². The zero-order chi connectivity index (χ0) is 17.0. The molecule has 0 spiro atoms. The lowest BCUT2D eigenvalue weighted by Gasteiger charge is -2.39. The summed E-state index contributed by atoms with van der Waals surface area (Å²) in [7, 11) is 0. The van der Waals surface area contributed by atoms with E-state index in [9.17, 15) is 10.1 Å². The van der Waals surface area contributed by atoms with Gasteiger partial charge in [-0.05, 0) is 31.4 Å². The molecule has 0 aliphatic carbocycles. The number of amides is 1. The first-order chi connectivity index (χ1) is 11.6. The van der Waals surface area contributed by atoms with Gasteiger partial charge in [0.15, 0.2) is 0 Å². The number of piperazine rings is 1. The molecule has 0 unspecified atom stereocenters. The summed E-state index contributed by atoms with van der Waals surface area (Å²) >= 11 is 0. The first-order valence-corrected chi connectivity index (χ1v) is 8.56. The van der Waals surface area contributed by atoms with Crippen molar-refractivity contribution >= 4 is 5.91 Å². The third-order valence-electron chi connectivity index (χ3n) is 5.12. The number of nitrogens with zero attached hydrogens (tertiary/aromatic N) is 4. The summed E-state index contributed by atoms with van der Waals surface area (Å²) < 4.78 is 5.32. The van der Waals surface area contributed by atoms with Crippen LogP contribution in [0.4, 0.5) is 0 Å². The fraction of sp³-hybridized carbons (Fsp3) is 0.611. The lowest BCUT2D eigenvalue weighted by Crippen LogP contribution is -2.53. The average Bonchev–Trinajstić information content (AvgIpc) is 2.64. The number of nitriles is 1. The molecule has 2 saturated heterocycles. The van der Waals surface area contributed by atoms with Gasteiger partial charge < -0.3 is 9.64 Å². The van der Waals surface area contributed by atoms with Crippen LogP contribution in [0.1, 0.15) is 24.1 Å². The SMILES string of the molecule is Cc1cccnc1CN1CCN(C(=O)C2(C#N)CCOCC2)CC1. The monoisotopic (exact) mass is 328 g/mol. The van der Waals surface area contributed by atoms with E-state index in [4.69, 9.17) is 4.74 Å². The molecular formula is C18H24N4O2. The minimum atomic E-state index is -0.877. The van der Waals surface area contributed by atoms with E-state index in [0.29, 0.717) is 39.1 Å². The molecule has 0 saturated carbocycles. The molecule has 2 aliphatic heterocycles. The second-order valence-corrected chi connectivity index (χ2v) is 6.64. The van der Waals surface area contributed by atoms with Crippen molar-refractivity contribution in [2.75, 3.05) is 39.4 Å². The maximum atomic E-state index is 12.8. The highest BCUT2D eigenvalue weighted by atomic mass is 16.5. The number of pyridine rings is 1. The van der Waals surface area contributed by atoms with Crippen LogP contribution in [0.2, 0.25) is 0 Å². The van der Waals surface area contributed by atoms with Gasteiger partial charge in [-0.3, -0.25) is 14.7 Å². The van der Waals surface area contributed by atoms with Crippen LogP contribution >= 0.6 is 0 Å². The van der Waals surface area contributed by atoms with Crippen LogP contribution < -0.4 is 0 Å². The van der Waals surface area contributed by atoms with Crippen LogP contribution in [0.25, 0.3) is 0 Å². The molecule has 2 aliphatic rings. The molecule has 2 fully saturated rings. The predicted octanol–water partition coefficient (Wildman–Crippen LogP) is 1.35. The van der Waals surface area contributed by atoms with E-state index >= 15 is 0 Å². The second-order valence-electron chi connectivity index (χ2n) is 6.64. The lowest BCUT2D eigenvalue weighted by molar-refractivity contribution is -0.145. The Hall–Kier alpha value is -1.97. The second kappa shape index (κ2) is 7.29. The van der Waals surface area contributed by atoms with E-state index in [1.165, 1.54) is 5.56 Å². The summed E-state index contributed by atoms with van der Waals surface area (Å²) in [6.45, 7) is 6.87. The maximum Gasteiger partial charge on any atom is 0.243 e. The molecule has 6 heteroatoms. The number of hydrogen-bond donors (Lipinski definition) is 0. The molecular weight excluding hydrogens is 304 g/mol. The van der Waals surface area contributed by atoms with Crippen molar-refractivity contribution in [1.29, 1.82) is 5.26 Å². The van der Waals surface area contributed by atoms with E-state index in [-0.39, 0.29) is 5.91 Å². The third kappa shape index (κ3) is 3.42. The summed E-state index contributed by atoms with van der Waals surface area (Å²) in [6.07, 6.45) is 2.84. The highest BCUT2D eigenvalue weighted by Crippen LogP contribution is 2.32. The van der Waals surface area contributed by atoms with Gasteiger partial charge in [-0.2, -0.15) is 5.26 Å². The molecule has 24 heavy (non-hydrogen) atoms. The molecule has 3 rings (SSSR count). The lowest BCUT2D eigenvalue weighted by atomic mass is 9.80. The standard InChI is InChI=1S/C18H24N4O2/c1-15-3-2-6-20-16(15)13-21-7-9-22(10-8-21)17(23)18(14-19)4-11-24-12-5-18/h2-3,6H,4-5,7-13H2,1H3. The number of rotatable bonds is 3. The zero-order valence-electron chi connectivity index (χ0n) is 14.2. The molecule has 6 nitrogen and oxygen atoms in total. The number of carbonyl (C=O) groups excluding carboxylic acids is 1. The van der Waals surface area contributed by atoms with Gasteiger partial charge >= 0.3 is 0 Å². The number of aromatic nitrogens is 1. The Kier molecular flexibility index (Phi) is 5.12. The molecule has 0 atom stereocenters. The van der Waals surface area contributed by atoms with Crippen LogP contribution in [-0.4, -0.2) is 60.1 Å². The number of carbonyl (C=O) groups is 1. The van der Waals surface area contributed by atoms with E-state index in [2.05, 4.69) is 28.9 Å². The zero-order valence-corrected chi connectivity index (χ0v) is 14.2. The fourth-order valence-electron chi connectivity index (χ4n) is 3.40. The molecule has 0 aromatic carbocycles. The Morgan fingerprint density at radius 3 is 2.67 bits per heavy atom. The highest BCUT2D eigenvalue weighted by molar-refractivity contribution is 5.85. The maximum absolute atomic E-state index is 12.8. The molecule has 128 valence electrons. The van der Waals surface area contributed by atoms with Crippen molar-refractivity contribution in [3.05, 3.63) is 29.6 Å². The van der Waals surface area contributed by atoms with Crippen molar-refractivity contribution < 1.29 is 9.53 Å². The summed E-state index contributed by atoms with van der Waals surface area (Å²) in [5.74, 6) is -0.0121. The first kappa shape index (κ1) is 16.9. The third-order valence-corrected chi connectivity index (χ3v) is 5.12. The normalized spacial score (nSPS) is 21.2. The molecule has 3 heterocycles. The summed E-state index contributed by atoms with van der Waals surface area (Å²) in [4.78, 5) is 21.5. The Morgan fingerprint density at radius 1 is 1.33 bits per heavy atom. The van der Waals surface area contributed by atoms with Gasteiger partial charge in [0, 0.05) is 52.1 Å². The summed E-state index contributed by atoms with van der Waals surface area (Å²) in [5, 5.41) is 9.55. The summed E-state index contributed by atoms with van der Waals surface area (Å²) in [5.41, 5.74) is 1.41. The molecule has 1 aromatic rings. The van der Waals surface area contributed by atoms with Gasteiger partial charge in [-0.15, -0.1) is 0 Å². The van der Waals surface area contributed by atoms with Gasteiger partial charge in [0.25, 0.3) is 0 Å². The first-order valence-electron chi connectivity index (χ1n) is 8.56. The number of ether oxygens (including phenoxy) is 1. The van der Waals surface area contributed by atoms with Crippen LogP contribution in [0.3, 0.4) is 0 Å². The highest BCUT2D eigenvalue weighted by Gasteiger charge is 2.43. The van der Waals surface area contributed by atoms with E-state index in [0.717, 1.165) is 25.3 Å². The Morgan fingerprint density at radius 2 is 2.04 bits per heavy atom. The predicted molar refractivity (Wildman–Crippen MR) is 88.9 cm³/mol. The molecule has 0 radical (unpaired) electrons. The van der Waals surface area contributed by atoms with Gasteiger partial charge in [0.1, 0.15) is 5.41 Å². The smallest absolute Gasteiger partial charge is 0.243 e. The Labute approximate surface area is 143 Å². The van der Waals surface area contributed by atoms with Crippen molar-refractivity contribution in [3.63, 3.8) is 0 Å². The minimum Gasteiger partial charge on any atom is -0.381 e. The van der Waals surface area contributed by atoms with Crippen molar-refractivity contribution in [2.24, 2.45) is 5.41 Å². The molecule has 0 bridgehead atoms. The van der Waals surface area contributed by atoms with Crippen LogP contribution in [0.5, 0.6) is 0 Å². The summed E-state index contributed by atoms with van der Waals surface area (Å²) in [6, 6.07) is 6.30. The fourth-order valence-corrected chi connectivity index (χ4v) is 3.40. The number of aryl methyl sites for hydroxylation is 1. The van der Waals surface area contributed by atoms with Crippen LogP contribution in [0.15, 0.2) is 18.3 Å².